The topological polar surface area (TPSA) is 84.9 Å². The van der Waals surface area contributed by atoms with Gasteiger partial charge in [0.25, 0.3) is 5.91 Å². The van der Waals surface area contributed by atoms with Crippen LogP contribution in [0.25, 0.3) is 0 Å². The molecule has 28 heavy (non-hydrogen) atoms. The smallest absolute Gasteiger partial charge is 0.311 e. The number of rotatable bonds is 7. The van der Waals surface area contributed by atoms with Gasteiger partial charge in [0, 0.05) is 24.3 Å². The van der Waals surface area contributed by atoms with Gasteiger partial charge in [-0.3, -0.25) is 14.4 Å². The van der Waals surface area contributed by atoms with Crippen molar-refractivity contribution in [2.75, 3.05) is 30.0 Å². The average molecular weight is 382 g/mol. The Bertz CT molecular complexity index is 836. The molecule has 1 saturated heterocycles. The lowest BCUT2D eigenvalue weighted by molar-refractivity contribution is -0.151. The lowest BCUT2D eigenvalue weighted by Gasteiger charge is -2.16. The minimum Gasteiger partial charge on any atom is -0.494 e. The molecule has 7 heteroatoms. The number of ether oxygens (including phenoxy) is 2. The quantitative estimate of drug-likeness (QED) is 0.744. The highest BCUT2D eigenvalue weighted by atomic mass is 16.5. The molecule has 7 nitrogen and oxygen atoms in total. The van der Waals surface area contributed by atoms with Crippen LogP contribution in [-0.4, -0.2) is 37.5 Å². The summed E-state index contributed by atoms with van der Waals surface area (Å²) in [5, 5.41) is 2.65. The number of nitrogens with one attached hydrogen (secondary N) is 1. The second-order valence-corrected chi connectivity index (χ2v) is 6.35. The third kappa shape index (κ3) is 4.88. The zero-order valence-corrected chi connectivity index (χ0v) is 15.6. The zero-order chi connectivity index (χ0) is 19.9. The highest BCUT2D eigenvalue weighted by Crippen LogP contribution is 2.25. The number of carbonyl (C=O) groups is 3. The Labute approximate surface area is 163 Å². The van der Waals surface area contributed by atoms with Gasteiger partial charge in [-0.1, -0.05) is 18.2 Å². The fourth-order valence-electron chi connectivity index (χ4n) is 2.98. The number of hydrogen-bond acceptors (Lipinski definition) is 5. The van der Waals surface area contributed by atoms with E-state index in [0.29, 0.717) is 18.0 Å². The van der Waals surface area contributed by atoms with Crippen LogP contribution in [0.1, 0.15) is 13.3 Å². The van der Waals surface area contributed by atoms with Gasteiger partial charge in [-0.05, 0) is 43.3 Å². The Kier molecular flexibility index (Phi) is 6.26. The molecule has 0 radical (unpaired) electrons. The molecule has 3 rings (SSSR count). The van der Waals surface area contributed by atoms with E-state index in [1.54, 1.807) is 29.2 Å². The molecule has 1 heterocycles. The van der Waals surface area contributed by atoms with Crippen molar-refractivity contribution < 1.29 is 23.9 Å². The number of esters is 1. The Hall–Kier alpha value is -3.35. The van der Waals surface area contributed by atoms with Crippen molar-refractivity contribution in [2.45, 2.75) is 13.3 Å². The van der Waals surface area contributed by atoms with Gasteiger partial charge in [0.15, 0.2) is 6.61 Å². The van der Waals surface area contributed by atoms with E-state index >= 15 is 0 Å². The first-order valence-corrected chi connectivity index (χ1v) is 9.11. The summed E-state index contributed by atoms with van der Waals surface area (Å²) in [6.45, 7) is 2.30. The molecule has 2 aromatic carbocycles. The zero-order valence-electron chi connectivity index (χ0n) is 15.6. The molecule has 1 N–H and O–H groups in total. The van der Waals surface area contributed by atoms with Crippen LogP contribution in [0, 0.1) is 5.92 Å². The van der Waals surface area contributed by atoms with Gasteiger partial charge in [0.1, 0.15) is 5.75 Å². The molecule has 2 aromatic rings. The number of para-hydroxylation sites is 1. The second kappa shape index (κ2) is 9.03. The van der Waals surface area contributed by atoms with Crippen LogP contribution < -0.4 is 15.0 Å². The predicted molar refractivity (Wildman–Crippen MR) is 104 cm³/mol. The number of carbonyl (C=O) groups excluding carboxylic acids is 3. The fraction of sp³-hybridized carbons (Fsp3) is 0.286. The van der Waals surface area contributed by atoms with Crippen LogP contribution in [-0.2, 0) is 19.1 Å². The first-order valence-electron chi connectivity index (χ1n) is 9.11. The maximum absolute atomic E-state index is 12.2. The first-order chi connectivity index (χ1) is 13.6. The third-order valence-corrected chi connectivity index (χ3v) is 4.32. The van der Waals surface area contributed by atoms with Gasteiger partial charge in [-0.25, -0.2) is 0 Å². The lowest BCUT2D eigenvalue weighted by atomic mass is 10.1. The average Bonchev–Trinajstić information content (AvgIpc) is 3.10. The molecule has 0 bridgehead atoms. The van der Waals surface area contributed by atoms with Crippen molar-refractivity contribution in [1.29, 1.82) is 0 Å². The van der Waals surface area contributed by atoms with E-state index in [9.17, 15) is 14.4 Å². The van der Waals surface area contributed by atoms with Crippen LogP contribution >= 0.6 is 0 Å². The standard InChI is InChI=1S/C21H22N2O5/c1-2-27-18-10-8-16(9-11-18)22-19(24)14-28-21(26)15-12-20(25)23(13-15)17-6-4-3-5-7-17/h3-11,15H,2,12-14H2,1H3,(H,22,24)/t15-/m0/s1. The number of hydrogen-bond donors (Lipinski definition) is 1. The highest BCUT2D eigenvalue weighted by molar-refractivity contribution is 6.00. The second-order valence-electron chi connectivity index (χ2n) is 6.35. The summed E-state index contributed by atoms with van der Waals surface area (Å²) in [6, 6.07) is 16.1. The molecular weight excluding hydrogens is 360 g/mol. The van der Waals surface area contributed by atoms with Crippen molar-refractivity contribution in [3.63, 3.8) is 0 Å². The monoisotopic (exact) mass is 382 g/mol. The Morgan fingerprint density at radius 3 is 2.50 bits per heavy atom. The number of amides is 2. The predicted octanol–water partition coefficient (Wildman–Crippen LogP) is 2.62. The summed E-state index contributed by atoms with van der Waals surface area (Å²) in [6.07, 6.45) is 0.0776. The van der Waals surface area contributed by atoms with Crippen molar-refractivity contribution in [2.24, 2.45) is 5.92 Å². The Balaban J connectivity index is 1.47. The van der Waals surface area contributed by atoms with Crippen LogP contribution in [0.5, 0.6) is 5.75 Å². The van der Waals surface area contributed by atoms with E-state index in [0.717, 1.165) is 5.69 Å². The molecule has 0 aromatic heterocycles. The minimum absolute atomic E-state index is 0.0776. The molecule has 146 valence electrons. The van der Waals surface area contributed by atoms with Crippen LogP contribution in [0.15, 0.2) is 54.6 Å². The summed E-state index contributed by atoms with van der Waals surface area (Å²) in [5.41, 5.74) is 1.33. The SMILES string of the molecule is CCOc1ccc(NC(=O)COC(=O)[C@H]2CC(=O)N(c3ccccc3)C2)cc1. The largest absolute Gasteiger partial charge is 0.494 e. The number of benzene rings is 2. The summed E-state index contributed by atoms with van der Waals surface area (Å²) < 4.78 is 10.4. The summed E-state index contributed by atoms with van der Waals surface area (Å²) in [4.78, 5) is 38.0. The van der Waals surface area contributed by atoms with E-state index in [2.05, 4.69) is 5.32 Å². The fourth-order valence-corrected chi connectivity index (χ4v) is 2.98. The Morgan fingerprint density at radius 1 is 1.11 bits per heavy atom. The molecule has 1 atom stereocenters. The molecule has 0 aliphatic carbocycles. The van der Waals surface area contributed by atoms with Gasteiger partial charge in [-0.15, -0.1) is 0 Å². The molecule has 1 aliphatic rings. The lowest BCUT2D eigenvalue weighted by Crippen LogP contribution is -2.28. The number of anilines is 2. The minimum atomic E-state index is -0.578. The molecule has 2 amide bonds. The van der Waals surface area contributed by atoms with Crippen LogP contribution in [0.2, 0.25) is 0 Å². The van der Waals surface area contributed by atoms with Gasteiger partial charge >= 0.3 is 5.97 Å². The first kappa shape index (κ1) is 19.4. The summed E-state index contributed by atoms with van der Waals surface area (Å²) in [5.74, 6) is -0.992. The van der Waals surface area contributed by atoms with E-state index in [1.165, 1.54) is 0 Å². The molecule has 0 unspecified atom stereocenters. The highest BCUT2D eigenvalue weighted by Gasteiger charge is 2.36. The van der Waals surface area contributed by atoms with E-state index in [1.807, 2.05) is 37.3 Å². The summed E-state index contributed by atoms with van der Waals surface area (Å²) in [7, 11) is 0. The van der Waals surface area contributed by atoms with E-state index < -0.39 is 24.4 Å². The maximum Gasteiger partial charge on any atom is 0.311 e. The Morgan fingerprint density at radius 2 is 1.82 bits per heavy atom. The van der Waals surface area contributed by atoms with E-state index in [4.69, 9.17) is 9.47 Å². The third-order valence-electron chi connectivity index (χ3n) is 4.32. The molecular formula is C21H22N2O5. The van der Waals surface area contributed by atoms with Crippen molar-refractivity contribution >= 4 is 29.2 Å². The maximum atomic E-state index is 12.2. The summed E-state index contributed by atoms with van der Waals surface area (Å²) >= 11 is 0. The van der Waals surface area contributed by atoms with Crippen LogP contribution in [0.3, 0.4) is 0 Å². The normalized spacial score (nSPS) is 16.0. The molecule has 0 spiro atoms. The van der Waals surface area contributed by atoms with Gasteiger partial charge in [0.2, 0.25) is 5.91 Å². The molecule has 1 aliphatic heterocycles. The van der Waals surface area contributed by atoms with E-state index in [-0.39, 0.29) is 18.9 Å². The molecule has 0 saturated carbocycles. The van der Waals surface area contributed by atoms with Gasteiger partial charge < -0.3 is 19.7 Å². The van der Waals surface area contributed by atoms with Crippen molar-refractivity contribution in [3.8, 4) is 5.75 Å². The van der Waals surface area contributed by atoms with Crippen molar-refractivity contribution in [3.05, 3.63) is 54.6 Å². The van der Waals surface area contributed by atoms with Crippen LogP contribution in [0.4, 0.5) is 11.4 Å². The number of nitrogens with zero attached hydrogens (tertiary/aromatic N) is 1. The van der Waals surface area contributed by atoms with Crippen molar-refractivity contribution in [1.82, 2.24) is 0 Å². The van der Waals surface area contributed by atoms with Gasteiger partial charge in [0.05, 0.1) is 12.5 Å². The molecule has 1 fully saturated rings. The van der Waals surface area contributed by atoms with Gasteiger partial charge in [-0.2, -0.15) is 0 Å².